The van der Waals surface area contributed by atoms with Gasteiger partial charge in [0.2, 0.25) is 0 Å². The highest BCUT2D eigenvalue weighted by Crippen LogP contribution is 2.20. The Kier molecular flexibility index (Phi) is 6.18. The van der Waals surface area contributed by atoms with Gasteiger partial charge in [0, 0.05) is 24.7 Å². The summed E-state index contributed by atoms with van der Waals surface area (Å²) in [5.74, 6) is -0.257. The highest BCUT2D eigenvalue weighted by atomic mass is 35.5. The first-order valence-electron chi connectivity index (χ1n) is 7.09. The lowest BCUT2D eigenvalue weighted by Gasteiger charge is -2.23. The van der Waals surface area contributed by atoms with E-state index in [9.17, 15) is 4.39 Å². The second-order valence-corrected chi connectivity index (χ2v) is 5.48. The lowest BCUT2D eigenvalue weighted by atomic mass is 10.1. The predicted octanol–water partition coefficient (Wildman–Crippen LogP) is 3.83. The quantitative estimate of drug-likeness (QED) is 0.842. The number of rotatable bonds is 7. The van der Waals surface area contributed by atoms with E-state index in [0.29, 0.717) is 18.1 Å². The highest BCUT2D eigenvalue weighted by Gasteiger charge is 2.10. The maximum atomic E-state index is 13.4. The molecule has 0 aliphatic carbocycles. The Labute approximate surface area is 130 Å². The molecule has 2 aromatic carbocycles. The van der Waals surface area contributed by atoms with Crippen molar-refractivity contribution in [2.45, 2.75) is 19.5 Å². The van der Waals surface area contributed by atoms with Crippen molar-refractivity contribution in [2.75, 3.05) is 13.1 Å². The smallest absolute Gasteiger partial charge is 0.123 e. The Bertz CT molecular complexity index is 560. The first-order valence-corrected chi connectivity index (χ1v) is 7.47. The Morgan fingerprint density at radius 1 is 1.05 bits per heavy atom. The van der Waals surface area contributed by atoms with E-state index in [1.165, 1.54) is 17.7 Å². The summed E-state index contributed by atoms with van der Waals surface area (Å²) in [4.78, 5) is 2.24. The summed E-state index contributed by atoms with van der Waals surface area (Å²) < 4.78 is 13.4. The third-order valence-electron chi connectivity index (χ3n) is 3.33. The zero-order valence-electron chi connectivity index (χ0n) is 11.9. The van der Waals surface area contributed by atoms with Crippen LogP contribution in [0.25, 0.3) is 0 Å². The van der Waals surface area contributed by atoms with Crippen molar-refractivity contribution < 1.29 is 4.39 Å². The van der Waals surface area contributed by atoms with Crippen LogP contribution in [0.4, 0.5) is 4.39 Å². The van der Waals surface area contributed by atoms with Gasteiger partial charge in [-0.1, -0.05) is 41.9 Å². The van der Waals surface area contributed by atoms with Crippen LogP contribution in [0.1, 0.15) is 17.5 Å². The van der Waals surface area contributed by atoms with E-state index in [0.717, 1.165) is 25.1 Å². The standard InChI is InChI=1S/C17H20ClFN2/c18-17-8-7-16(19)11-15(17)13-21(10-4-9-20)12-14-5-2-1-3-6-14/h1-3,5-8,11H,4,9-10,12-13,20H2. The van der Waals surface area contributed by atoms with Crippen molar-refractivity contribution in [1.29, 1.82) is 0 Å². The van der Waals surface area contributed by atoms with Crippen LogP contribution >= 0.6 is 11.6 Å². The van der Waals surface area contributed by atoms with E-state index in [4.69, 9.17) is 17.3 Å². The minimum atomic E-state index is -0.257. The zero-order valence-corrected chi connectivity index (χ0v) is 12.7. The van der Waals surface area contributed by atoms with Crippen LogP contribution in [0, 0.1) is 5.82 Å². The van der Waals surface area contributed by atoms with E-state index < -0.39 is 0 Å². The number of hydrogen-bond donors (Lipinski definition) is 1. The first kappa shape index (κ1) is 16.0. The second-order valence-electron chi connectivity index (χ2n) is 5.07. The van der Waals surface area contributed by atoms with Gasteiger partial charge in [0.25, 0.3) is 0 Å². The Hall–Kier alpha value is -1.42. The molecule has 2 aromatic rings. The van der Waals surface area contributed by atoms with Crippen LogP contribution < -0.4 is 5.73 Å². The molecule has 0 fully saturated rings. The molecule has 21 heavy (non-hydrogen) atoms. The average molecular weight is 307 g/mol. The molecule has 0 radical (unpaired) electrons. The van der Waals surface area contributed by atoms with Crippen LogP contribution in [0.5, 0.6) is 0 Å². The third kappa shape index (κ3) is 5.12. The number of nitrogens with zero attached hydrogens (tertiary/aromatic N) is 1. The molecule has 2 N–H and O–H groups in total. The van der Waals surface area contributed by atoms with Gasteiger partial charge in [0.15, 0.2) is 0 Å². The molecule has 2 nitrogen and oxygen atoms in total. The summed E-state index contributed by atoms with van der Waals surface area (Å²) in [6.07, 6.45) is 0.903. The zero-order chi connectivity index (χ0) is 15.1. The van der Waals surface area contributed by atoms with Crippen molar-refractivity contribution in [3.8, 4) is 0 Å². The molecule has 0 aromatic heterocycles. The van der Waals surface area contributed by atoms with E-state index in [1.807, 2.05) is 18.2 Å². The number of halogens is 2. The van der Waals surface area contributed by atoms with Gasteiger partial charge >= 0.3 is 0 Å². The molecule has 0 bridgehead atoms. The van der Waals surface area contributed by atoms with Crippen molar-refractivity contribution >= 4 is 11.6 Å². The van der Waals surface area contributed by atoms with Gasteiger partial charge in [-0.3, -0.25) is 4.90 Å². The van der Waals surface area contributed by atoms with Gasteiger partial charge in [-0.25, -0.2) is 4.39 Å². The first-order chi connectivity index (χ1) is 10.2. The topological polar surface area (TPSA) is 29.3 Å². The average Bonchev–Trinajstić information content (AvgIpc) is 2.49. The molecule has 0 aliphatic rings. The lowest BCUT2D eigenvalue weighted by molar-refractivity contribution is 0.255. The second kappa shape index (κ2) is 8.13. The summed E-state index contributed by atoms with van der Waals surface area (Å²) >= 11 is 6.16. The minimum Gasteiger partial charge on any atom is -0.330 e. The van der Waals surface area contributed by atoms with Crippen LogP contribution in [0.3, 0.4) is 0 Å². The molecule has 0 atom stereocenters. The van der Waals surface area contributed by atoms with E-state index in [1.54, 1.807) is 6.07 Å². The van der Waals surface area contributed by atoms with Crippen LogP contribution in [0.15, 0.2) is 48.5 Å². The predicted molar refractivity (Wildman–Crippen MR) is 85.6 cm³/mol. The Balaban J connectivity index is 2.10. The Morgan fingerprint density at radius 3 is 2.52 bits per heavy atom. The molecule has 2 rings (SSSR count). The molecule has 0 unspecified atom stereocenters. The third-order valence-corrected chi connectivity index (χ3v) is 3.70. The molecule has 0 saturated heterocycles. The maximum Gasteiger partial charge on any atom is 0.123 e. The van der Waals surface area contributed by atoms with Crippen molar-refractivity contribution in [3.05, 3.63) is 70.5 Å². The van der Waals surface area contributed by atoms with Crippen molar-refractivity contribution in [1.82, 2.24) is 4.90 Å². The number of hydrogen-bond acceptors (Lipinski definition) is 2. The summed E-state index contributed by atoms with van der Waals surface area (Å²) in [5.41, 5.74) is 7.64. The number of benzene rings is 2. The van der Waals surface area contributed by atoms with Gasteiger partial charge in [0.1, 0.15) is 5.82 Å². The SMILES string of the molecule is NCCCN(Cc1ccccc1)Cc1cc(F)ccc1Cl. The number of nitrogens with two attached hydrogens (primary N) is 1. The van der Waals surface area contributed by atoms with Gasteiger partial charge in [-0.05, 0) is 42.3 Å². The van der Waals surface area contributed by atoms with E-state index in [-0.39, 0.29) is 5.82 Å². The molecule has 0 spiro atoms. The van der Waals surface area contributed by atoms with Crippen LogP contribution in [-0.2, 0) is 13.1 Å². The summed E-state index contributed by atoms with van der Waals surface area (Å²) in [6.45, 7) is 2.92. The van der Waals surface area contributed by atoms with Gasteiger partial charge in [-0.2, -0.15) is 0 Å². The fourth-order valence-corrected chi connectivity index (χ4v) is 2.45. The van der Waals surface area contributed by atoms with Gasteiger partial charge in [-0.15, -0.1) is 0 Å². The molecule has 0 aliphatic heterocycles. The lowest BCUT2D eigenvalue weighted by Crippen LogP contribution is -2.25. The summed E-state index contributed by atoms with van der Waals surface area (Å²) in [6, 6.07) is 14.7. The molecule has 0 saturated carbocycles. The molecular weight excluding hydrogens is 287 g/mol. The van der Waals surface area contributed by atoms with E-state index in [2.05, 4.69) is 17.0 Å². The Morgan fingerprint density at radius 2 is 1.81 bits per heavy atom. The fourth-order valence-electron chi connectivity index (χ4n) is 2.28. The van der Waals surface area contributed by atoms with Gasteiger partial charge in [0.05, 0.1) is 0 Å². The minimum absolute atomic E-state index is 0.257. The molecule has 0 heterocycles. The molecule has 112 valence electrons. The van der Waals surface area contributed by atoms with Crippen molar-refractivity contribution in [3.63, 3.8) is 0 Å². The van der Waals surface area contributed by atoms with Crippen LogP contribution in [-0.4, -0.2) is 18.0 Å². The highest BCUT2D eigenvalue weighted by molar-refractivity contribution is 6.31. The molecule has 0 amide bonds. The fraction of sp³-hybridized carbons (Fsp3) is 0.294. The monoisotopic (exact) mass is 306 g/mol. The van der Waals surface area contributed by atoms with Crippen LogP contribution in [0.2, 0.25) is 5.02 Å². The van der Waals surface area contributed by atoms with E-state index >= 15 is 0 Å². The molecule has 4 heteroatoms. The normalized spacial score (nSPS) is 11.0. The van der Waals surface area contributed by atoms with Gasteiger partial charge < -0.3 is 5.73 Å². The molecular formula is C17H20ClFN2. The summed E-state index contributed by atoms with van der Waals surface area (Å²) in [7, 11) is 0. The maximum absolute atomic E-state index is 13.4. The largest absolute Gasteiger partial charge is 0.330 e. The summed E-state index contributed by atoms with van der Waals surface area (Å²) in [5, 5.41) is 0.599. The van der Waals surface area contributed by atoms with Crippen molar-refractivity contribution in [2.24, 2.45) is 5.73 Å².